The van der Waals surface area contributed by atoms with Gasteiger partial charge in [0.2, 0.25) is 0 Å². The summed E-state index contributed by atoms with van der Waals surface area (Å²) in [6.07, 6.45) is -4.40. The summed E-state index contributed by atoms with van der Waals surface area (Å²) in [5.41, 5.74) is -3.21. The van der Waals surface area contributed by atoms with Crippen molar-refractivity contribution in [2.24, 2.45) is 0 Å². The van der Waals surface area contributed by atoms with Crippen LogP contribution in [-0.2, 0) is 16.6 Å². The maximum Gasteiger partial charge on any atom is 0.416 e. The molecule has 0 saturated heterocycles. The van der Waals surface area contributed by atoms with Crippen LogP contribution in [0.2, 0.25) is 0 Å². The zero-order valence-electron chi connectivity index (χ0n) is 7.81. The fourth-order valence-electron chi connectivity index (χ4n) is 1.05. The Morgan fingerprint density at radius 1 is 1.00 bits per heavy atom. The first-order valence-electron chi connectivity index (χ1n) is 4.10. The van der Waals surface area contributed by atoms with Gasteiger partial charge in [-0.2, -0.15) is 13.2 Å². The van der Waals surface area contributed by atoms with E-state index in [1.54, 1.807) is 0 Å². The Morgan fingerprint density at radius 2 is 1.40 bits per heavy atom. The van der Waals surface area contributed by atoms with Crippen molar-refractivity contribution in [3.63, 3.8) is 0 Å². The Hall–Kier alpha value is -1.39. The molecule has 15 heavy (non-hydrogen) atoms. The largest absolute Gasteiger partial charge is 0.416 e. The molecule has 1 nitrogen and oxygen atoms in total. The average Bonchev–Trinajstić information content (AvgIpc) is 2.17. The van der Waals surface area contributed by atoms with Gasteiger partial charge in [-0.25, -0.2) is 4.39 Å². The van der Waals surface area contributed by atoms with Crippen LogP contribution in [0.3, 0.4) is 0 Å². The Bertz CT molecular complexity index is 351. The van der Waals surface area contributed by atoms with Crippen LogP contribution >= 0.6 is 0 Å². The number of rotatable bonds is 2. The van der Waals surface area contributed by atoms with Crippen molar-refractivity contribution in [3.05, 3.63) is 35.4 Å². The molecule has 1 aromatic rings. The molecule has 82 valence electrons. The van der Waals surface area contributed by atoms with Gasteiger partial charge in [-0.1, -0.05) is 12.1 Å². The minimum atomic E-state index is -4.45. The first kappa shape index (κ1) is 11.7. The lowest BCUT2D eigenvalue weighted by molar-refractivity contribution is -0.137. The van der Waals surface area contributed by atoms with E-state index in [2.05, 4.69) is 0 Å². The molecular weight excluding hydrogens is 212 g/mol. The van der Waals surface area contributed by atoms with Crippen LogP contribution in [0.4, 0.5) is 17.6 Å². The van der Waals surface area contributed by atoms with Gasteiger partial charge in [0.15, 0.2) is 12.0 Å². The molecule has 0 fully saturated rings. The summed E-state index contributed by atoms with van der Waals surface area (Å²) in [5, 5.41) is 0. The normalized spacial score (nSPS) is 15.8. The Kier molecular flexibility index (Phi) is 2.83. The fourth-order valence-corrected chi connectivity index (χ4v) is 1.05. The predicted molar refractivity (Wildman–Crippen MR) is 46.0 cm³/mol. The van der Waals surface area contributed by atoms with Crippen molar-refractivity contribution in [1.29, 1.82) is 0 Å². The van der Waals surface area contributed by atoms with Crippen molar-refractivity contribution in [1.82, 2.24) is 0 Å². The highest BCUT2D eigenvalue weighted by Crippen LogP contribution is 2.31. The lowest BCUT2D eigenvalue weighted by Gasteiger charge is -2.14. The molecule has 0 amide bonds. The second-order valence-corrected chi connectivity index (χ2v) is 3.27. The van der Waals surface area contributed by atoms with Crippen LogP contribution in [0.15, 0.2) is 24.3 Å². The zero-order valence-corrected chi connectivity index (χ0v) is 7.81. The third-order valence-electron chi connectivity index (χ3n) is 2.00. The maximum atomic E-state index is 13.3. The van der Waals surface area contributed by atoms with Crippen molar-refractivity contribution >= 4 is 6.29 Å². The molecule has 0 radical (unpaired) electrons. The van der Waals surface area contributed by atoms with Crippen LogP contribution in [0.1, 0.15) is 18.1 Å². The second-order valence-electron chi connectivity index (χ2n) is 3.27. The molecule has 0 N–H and O–H groups in total. The monoisotopic (exact) mass is 220 g/mol. The van der Waals surface area contributed by atoms with E-state index in [4.69, 9.17) is 0 Å². The van der Waals surface area contributed by atoms with E-state index in [1.165, 1.54) is 0 Å². The molecule has 1 aromatic carbocycles. The van der Waals surface area contributed by atoms with Crippen molar-refractivity contribution < 1.29 is 22.4 Å². The molecule has 1 rings (SSSR count). The number of hydrogen-bond acceptors (Lipinski definition) is 1. The average molecular weight is 220 g/mol. The van der Waals surface area contributed by atoms with Crippen molar-refractivity contribution in [2.75, 3.05) is 0 Å². The molecule has 0 aromatic heterocycles. The Labute approximate surface area is 83.7 Å². The minimum absolute atomic E-state index is 0.0512. The summed E-state index contributed by atoms with van der Waals surface area (Å²) in [4.78, 5) is 10.3. The highest BCUT2D eigenvalue weighted by molar-refractivity contribution is 5.65. The molecule has 0 spiro atoms. The number of carbonyl (C=O) groups is 1. The minimum Gasteiger partial charge on any atom is -0.299 e. The van der Waals surface area contributed by atoms with Gasteiger partial charge in [-0.15, -0.1) is 0 Å². The lowest BCUT2D eigenvalue weighted by atomic mass is 9.98. The lowest BCUT2D eigenvalue weighted by Crippen LogP contribution is -2.17. The summed E-state index contributed by atoms with van der Waals surface area (Å²) >= 11 is 0. The number of benzene rings is 1. The van der Waals surface area contributed by atoms with E-state index in [-0.39, 0.29) is 11.8 Å². The van der Waals surface area contributed by atoms with Gasteiger partial charge in [0.25, 0.3) is 0 Å². The topological polar surface area (TPSA) is 17.1 Å². The summed E-state index contributed by atoms with van der Waals surface area (Å²) in [7, 11) is 0. The fraction of sp³-hybridized carbons (Fsp3) is 0.300. The number of alkyl halides is 4. The van der Waals surface area contributed by atoms with Crippen LogP contribution in [-0.4, -0.2) is 6.29 Å². The van der Waals surface area contributed by atoms with Crippen molar-refractivity contribution in [3.8, 4) is 0 Å². The number of hydrogen-bond donors (Lipinski definition) is 0. The Balaban J connectivity index is 3.06. The number of halogens is 4. The van der Waals surface area contributed by atoms with Gasteiger partial charge in [0.1, 0.15) is 0 Å². The maximum absolute atomic E-state index is 13.3. The molecule has 5 heteroatoms. The summed E-state index contributed by atoms with van der Waals surface area (Å²) in [6.45, 7) is 0.989. The molecule has 1 unspecified atom stereocenters. The molecule has 0 aliphatic carbocycles. The molecule has 0 aliphatic heterocycles. The molecule has 0 aliphatic rings. The van der Waals surface area contributed by atoms with Gasteiger partial charge in [-0.3, -0.25) is 4.79 Å². The van der Waals surface area contributed by atoms with E-state index in [1.807, 2.05) is 0 Å². The van der Waals surface area contributed by atoms with Crippen LogP contribution in [0, 0.1) is 0 Å². The van der Waals surface area contributed by atoms with Crippen LogP contribution < -0.4 is 0 Å². The van der Waals surface area contributed by atoms with Gasteiger partial charge >= 0.3 is 6.18 Å². The standard InChI is InChI=1S/C10H8F4O/c1-9(11,6-15)7-2-4-8(5-3-7)10(12,13)14/h2-6H,1H3. The summed E-state index contributed by atoms with van der Waals surface area (Å²) in [6, 6.07) is 3.40. The first-order chi connectivity index (χ1) is 6.77. The van der Waals surface area contributed by atoms with E-state index in [9.17, 15) is 22.4 Å². The summed E-state index contributed by atoms with van der Waals surface area (Å²) < 4.78 is 49.7. The van der Waals surface area contributed by atoms with Gasteiger partial charge in [-0.05, 0) is 24.6 Å². The SMILES string of the molecule is CC(F)(C=O)c1ccc(C(F)(F)F)cc1. The van der Waals surface area contributed by atoms with Gasteiger partial charge in [0, 0.05) is 0 Å². The van der Waals surface area contributed by atoms with E-state index in [0.717, 1.165) is 31.2 Å². The van der Waals surface area contributed by atoms with Crippen LogP contribution in [0.5, 0.6) is 0 Å². The number of aldehydes is 1. The predicted octanol–water partition coefficient (Wildman–Crippen LogP) is 3.09. The van der Waals surface area contributed by atoms with Gasteiger partial charge in [0.05, 0.1) is 5.56 Å². The van der Waals surface area contributed by atoms with E-state index >= 15 is 0 Å². The molecule has 1 atom stereocenters. The van der Waals surface area contributed by atoms with E-state index in [0.29, 0.717) is 0 Å². The third-order valence-corrected chi connectivity index (χ3v) is 2.00. The smallest absolute Gasteiger partial charge is 0.299 e. The highest BCUT2D eigenvalue weighted by Gasteiger charge is 2.31. The first-order valence-corrected chi connectivity index (χ1v) is 4.10. The molecule has 0 heterocycles. The number of carbonyl (C=O) groups excluding carboxylic acids is 1. The molecular formula is C10H8F4O. The van der Waals surface area contributed by atoms with E-state index < -0.39 is 17.4 Å². The van der Waals surface area contributed by atoms with Crippen LogP contribution in [0.25, 0.3) is 0 Å². The molecule has 0 bridgehead atoms. The zero-order chi connectivity index (χ0) is 11.7. The van der Waals surface area contributed by atoms with Gasteiger partial charge < -0.3 is 0 Å². The third kappa shape index (κ3) is 2.55. The molecule has 0 saturated carbocycles. The quantitative estimate of drug-likeness (QED) is 0.553. The second kappa shape index (κ2) is 3.64. The Morgan fingerprint density at radius 3 is 1.73 bits per heavy atom. The highest BCUT2D eigenvalue weighted by atomic mass is 19.4. The van der Waals surface area contributed by atoms with Crippen molar-refractivity contribution in [2.45, 2.75) is 18.8 Å². The summed E-state index contributed by atoms with van der Waals surface area (Å²) in [5.74, 6) is 0.